The van der Waals surface area contributed by atoms with Crippen LogP contribution in [0.5, 0.6) is 5.75 Å². The molecule has 2 aromatic carbocycles. The largest absolute Gasteiger partial charge is 0.495 e. The van der Waals surface area contributed by atoms with Crippen LogP contribution in [-0.4, -0.2) is 22.8 Å². The molecule has 0 bridgehead atoms. The zero-order valence-corrected chi connectivity index (χ0v) is 19.7. The minimum absolute atomic E-state index is 0. The third-order valence-electron chi connectivity index (χ3n) is 4.54. The summed E-state index contributed by atoms with van der Waals surface area (Å²) in [5, 5.41) is 8.21. The van der Waals surface area contributed by atoms with Crippen LogP contribution in [0.15, 0.2) is 53.5 Å². The van der Waals surface area contributed by atoms with E-state index in [1.807, 2.05) is 35.9 Å². The zero-order chi connectivity index (χ0) is 20.1. The Kier molecular flexibility index (Phi) is 8.33. The monoisotopic (exact) mass is 525 g/mol. The molecule has 0 aliphatic rings. The highest BCUT2D eigenvalue weighted by Gasteiger charge is 2.11. The van der Waals surface area contributed by atoms with Gasteiger partial charge in [-0.3, -0.25) is 4.68 Å². The highest BCUT2D eigenvalue weighted by atomic mass is 127. The lowest BCUT2D eigenvalue weighted by molar-refractivity contribution is 0.415. The number of ether oxygens (including phenoxy) is 1. The molecule has 1 heterocycles. The minimum atomic E-state index is 0. The SMILES string of the molecule is COc1ccc(NC(N)=NCc2c(C)nn(Cc3ccccc3)c2C)cc1Cl.I. The number of guanidine groups is 1. The molecule has 3 rings (SSSR count). The number of nitrogens with two attached hydrogens (primary N) is 1. The Balaban J connectivity index is 0.00000300. The fourth-order valence-corrected chi connectivity index (χ4v) is 3.23. The molecule has 0 aliphatic carbocycles. The van der Waals surface area contributed by atoms with Crippen molar-refractivity contribution in [3.05, 3.63) is 76.1 Å². The van der Waals surface area contributed by atoms with Crippen LogP contribution in [0.2, 0.25) is 5.02 Å². The predicted octanol–water partition coefficient (Wildman–Crippen LogP) is 4.76. The number of aryl methyl sites for hydroxylation is 1. The van der Waals surface area contributed by atoms with Crippen molar-refractivity contribution in [2.75, 3.05) is 12.4 Å². The van der Waals surface area contributed by atoms with Crippen molar-refractivity contribution >= 4 is 47.2 Å². The Morgan fingerprint density at radius 3 is 2.59 bits per heavy atom. The summed E-state index contributed by atoms with van der Waals surface area (Å²) >= 11 is 6.14. The van der Waals surface area contributed by atoms with Gasteiger partial charge in [0.1, 0.15) is 5.75 Å². The number of hydrogen-bond acceptors (Lipinski definition) is 3. The standard InChI is InChI=1S/C21H24ClN5O.HI/c1-14-18(15(2)27(26-14)13-16-7-5-4-6-8-16)12-24-21(23)25-17-9-10-20(28-3)19(22)11-17;/h4-11H,12-13H2,1-3H3,(H3,23,24,25);1H. The molecule has 3 N–H and O–H groups in total. The van der Waals surface area contributed by atoms with Crippen LogP contribution in [0.3, 0.4) is 0 Å². The van der Waals surface area contributed by atoms with E-state index < -0.39 is 0 Å². The van der Waals surface area contributed by atoms with Gasteiger partial charge < -0.3 is 15.8 Å². The van der Waals surface area contributed by atoms with E-state index in [0.29, 0.717) is 23.3 Å². The van der Waals surface area contributed by atoms with Gasteiger partial charge in [0, 0.05) is 16.9 Å². The molecule has 154 valence electrons. The third-order valence-corrected chi connectivity index (χ3v) is 4.83. The van der Waals surface area contributed by atoms with Gasteiger partial charge in [0.25, 0.3) is 0 Å². The van der Waals surface area contributed by atoms with Crippen LogP contribution in [-0.2, 0) is 13.1 Å². The van der Waals surface area contributed by atoms with Crippen LogP contribution in [0, 0.1) is 13.8 Å². The van der Waals surface area contributed by atoms with Gasteiger partial charge in [0.15, 0.2) is 5.96 Å². The number of halogens is 2. The molecule has 3 aromatic rings. The van der Waals surface area contributed by atoms with E-state index in [-0.39, 0.29) is 24.0 Å². The van der Waals surface area contributed by atoms with E-state index in [2.05, 4.69) is 34.5 Å². The summed E-state index contributed by atoms with van der Waals surface area (Å²) in [5.41, 5.74) is 11.1. The van der Waals surface area contributed by atoms with Gasteiger partial charge in [-0.1, -0.05) is 41.9 Å². The van der Waals surface area contributed by atoms with Crippen LogP contribution in [0.4, 0.5) is 5.69 Å². The molecule has 29 heavy (non-hydrogen) atoms. The molecule has 0 unspecified atom stereocenters. The number of benzene rings is 2. The van der Waals surface area contributed by atoms with E-state index in [0.717, 1.165) is 29.2 Å². The van der Waals surface area contributed by atoms with Crippen molar-refractivity contribution in [3.8, 4) is 5.75 Å². The predicted molar refractivity (Wildman–Crippen MR) is 130 cm³/mol. The van der Waals surface area contributed by atoms with Crippen molar-refractivity contribution < 1.29 is 4.74 Å². The van der Waals surface area contributed by atoms with E-state index >= 15 is 0 Å². The van der Waals surface area contributed by atoms with Crippen molar-refractivity contribution in [3.63, 3.8) is 0 Å². The second-order valence-corrected chi connectivity index (χ2v) is 6.88. The molecular formula is C21H25ClIN5O. The summed E-state index contributed by atoms with van der Waals surface area (Å²) in [6.45, 7) is 5.23. The van der Waals surface area contributed by atoms with E-state index in [4.69, 9.17) is 22.1 Å². The van der Waals surface area contributed by atoms with Gasteiger partial charge in [0.2, 0.25) is 0 Å². The van der Waals surface area contributed by atoms with E-state index in [1.54, 1.807) is 19.2 Å². The normalized spacial score (nSPS) is 11.1. The van der Waals surface area contributed by atoms with Gasteiger partial charge >= 0.3 is 0 Å². The number of nitrogens with one attached hydrogen (secondary N) is 1. The van der Waals surface area contributed by atoms with Crippen LogP contribution >= 0.6 is 35.6 Å². The lowest BCUT2D eigenvalue weighted by atomic mass is 10.2. The average Bonchev–Trinajstić information content (AvgIpc) is 2.94. The molecule has 6 nitrogen and oxygen atoms in total. The molecule has 0 amide bonds. The topological polar surface area (TPSA) is 77.5 Å². The first-order valence-corrected chi connectivity index (χ1v) is 9.33. The van der Waals surface area contributed by atoms with Gasteiger partial charge in [-0.15, -0.1) is 24.0 Å². The minimum Gasteiger partial charge on any atom is -0.495 e. The first-order chi connectivity index (χ1) is 13.5. The molecular weight excluding hydrogens is 501 g/mol. The van der Waals surface area contributed by atoms with Crippen molar-refractivity contribution in [2.24, 2.45) is 10.7 Å². The molecule has 0 aliphatic heterocycles. The maximum atomic E-state index is 6.14. The molecule has 0 saturated heterocycles. The van der Waals surface area contributed by atoms with Crippen molar-refractivity contribution in [1.29, 1.82) is 0 Å². The highest BCUT2D eigenvalue weighted by molar-refractivity contribution is 14.0. The summed E-state index contributed by atoms with van der Waals surface area (Å²) < 4.78 is 7.15. The van der Waals surface area contributed by atoms with Crippen LogP contribution in [0.25, 0.3) is 0 Å². The van der Waals surface area contributed by atoms with Crippen LogP contribution < -0.4 is 15.8 Å². The molecule has 0 fully saturated rings. The summed E-state index contributed by atoms with van der Waals surface area (Å²) in [6, 6.07) is 15.6. The van der Waals surface area contributed by atoms with Crippen LogP contribution in [0.1, 0.15) is 22.5 Å². The lowest BCUT2D eigenvalue weighted by Crippen LogP contribution is -2.22. The first-order valence-electron chi connectivity index (χ1n) is 8.95. The van der Waals surface area contributed by atoms with Gasteiger partial charge in [-0.2, -0.15) is 5.10 Å². The quantitative estimate of drug-likeness (QED) is 0.276. The zero-order valence-electron chi connectivity index (χ0n) is 16.6. The summed E-state index contributed by atoms with van der Waals surface area (Å²) in [4.78, 5) is 4.46. The fourth-order valence-electron chi connectivity index (χ4n) is 2.97. The maximum absolute atomic E-state index is 6.14. The second kappa shape index (κ2) is 10.5. The number of nitrogens with zero attached hydrogens (tertiary/aromatic N) is 3. The van der Waals surface area contributed by atoms with Gasteiger partial charge in [-0.05, 0) is 37.6 Å². The Hall–Kier alpha value is -2.26. The van der Waals surface area contributed by atoms with Gasteiger partial charge in [0.05, 0.1) is 30.9 Å². The average molecular weight is 526 g/mol. The Labute approximate surface area is 193 Å². The van der Waals surface area contributed by atoms with Crippen molar-refractivity contribution in [1.82, 2.24) is 9.78 Å². The summed E-state index contributed by atoms with van der Waals surface area (Å²) in [7, 11) is 1.58. The third kappa shape index (κ3) is 5.86. The smallest absolute Gasteiger partial charge is 0.193 e. The Bertz CT molecular complexity index is 988. The van der Waals surface area contributed by atoms with E-state index in [9.17, 15) is 0 Å². The number of aromatic nitrogens is 2. The van der Waals surface area contributed by atoms with Crippen molar-refractivity contribution in [2.45, 2.75) is 26.9 Å². The molecule has 0 spiro atoms. The molecule has 0 atom stereocenters. The Morgan fingerprint density at radius 2 is 1.93 bits per heavy atom. The number of anilines is 1. The van der Waals surface area contributed by atoms with E-state index in [1.165, 1.54) is 5.56 Å². The maximum Gasteiger partial charge on any atom is 0.193 e. The molecule has 0 radical (unpaired) electrons. The lowest BCUT2D eigenvalue weighted by Gasteiger charge is -2.09. The molecule has 8 heteroatoms. The molecule has 0 saturated carbocycles. The number of aliphatic imine (C=N–C) groups is 1. The first kappa shape index (κ1) is 23.0. The highest BCUT2D eigenvalue weighted by Crippen LogP contribution is 2.27. The summed E-state index contributed by atoms with van der Waals surface area (Å²) in [5.74, 6) is 0.927. The van der Waals surface area contributed by atoms with Gasteiger partial charge in [-0.25, -0.2) is 4.99 Å². The Morgan fingerprint density at radius 1 is 1.21 bits per heavy atom. The second-order valence-electron chi connectivity index (χ2n) is 6.47. The molecule has 1 aromatic heterocycles. The summed E-state index contributed by atoms with van der Waals surface area (Å²) in [6.07, 6.45) is 0. The fraction of sp³-hybridized carbons (Fsp3) is 0.238. The number of rotatable bonds is 6. The number of hydrogen-bond donors (Lipinski definition) is 2. The number of methoxy groups -OCH3 is 1.